The van der Waals surface area contributed by atoms with Crippen molar-refractivity contribution in [3.63, 3.8) is 0 Å². The predicted molar refractivity (Wildman–Crippen MR) is 122 cm³/mol. The molecule has 0 unspecified atom stereocenters. The van der Waals surface area contributed by atoms with Crippen molar-refractivity contribution in [2.45, 2.75) is 23.9 Å². The first-order chi connectivity index (χ1) is 14.8. The van der Waals surface area contributed by atoms with E-state index < -0.39 is 22.0 Å². The summed E-state index contributed by atoms with van der Waals surface area (Å²) in [5, 5.41) is 18.9. The van der Waals surface area contributed by atoms with Gasteiger partial charge in [0.2, 0.25) is 10.0 Å². The number of hydrogen-bond donors (Lipinski definition) is 3. The number of rotatable bonds is 8. The smallest absolute Gasteiger partial charge is 0.262 e. The minimum atomic E-state index is -4.12. The molecule has 162 valence electrons. The average Bonchev–Trinajstić information content (AvgIpc) is 2.78. The first kappa shape index (κ1) is 23.1. The minimum absolute atomic E-state index is 0.0173. The molecule has 1 atom stereocenters. The minimum Gasteiger partial charge on any atom is -0.508 e. The number of pyridine rings is 1. The summed E-state index contributed by atoms with van der Waals surface area (Å²) >= 11 is 2.07. The predicted octanol–water partition coefficient (Wildman–Crippen LogP) is 2.70. The number of halogens is 1. The van der Waals surface area contributed by atoms with E-state index in [1.165, 1.54) is 30.5 Å². The van der Waals surface area contributed by atoms with Crippen LogP contribution in [0.2, 0.25) is 0 Å². The first-order valence-electron chi connectivity index (χ1n) is 9.19. The van der Waals surface area contributed by atoms with E-state index in [2.05, 4.69) is 27.6 Å². The molecule has 0 spiro atoms. The van der Waals surface area contributed by atoms with Gasteiger partial charge in [-0.1, -0.05) is 18.2 Å². The van der Waals surface area contributed by atoms with Gasteiger partial charge in [-0.3, -0.25) is 15.0 Å². The zero-order chi connectivity index (χ0) is 22.4. The summed E-state index contributed by atoms with van der Waals surface area (Å²) in [6.07, 6.45) is 3.07. The fourth-order valence-electron chi connectivity index (χ4n) is 3.03. The van der Waals surface area contributed by atoms with Gasteiger partial charge in [-0.2, -0.15) is 4.31 Å². The Morgan fingerprint density at radius 1 is 1.06 bits per heavy atom. The average molecular weight is 553 g/mol. The van der Waals surface area contributed by atoms with Crippen molar-refractivity contribution in [3.05, 3.63) is 87.8 Å². The second-order valence-corrected chi connectivity index (χ2v) is 9.86. The Kier molecular flexibility index (Phi) is 7.59. The molecule has 2 aromatic carbocycles. The maximum atomic E-state index is 13.6. The van der Waals surface area contributed by atoms with Gasteiger partial charge in [0.15, 0.2) is 0 Å². The van der Waals surface area contributed by atoms with Crippen molar-refractivity contribution >= 4 is 38.5 Å². The lowest BCUT2D eigenvalue weighted by molar-refractivity contribution is -0.133. The number of carbonyl (C=O) groups is 1. The number of aromatic hydroxyl groups is 1. The summed E-state index contributed by atoms with van der Waals surface area (Å²) in [5.74, 6) is -0.823. The third-order valence-corrected chi connectivity index (χ3v) is 7.20. The molecule has 1 heterocycles. The number of carbonyl (C=O) groups excluding carboxylic acids is 1. The molecule has 1 amide bonds. The molecular weight excluding hydrogens is 533 g/mol. The molecule has 3 N–H and O–H groups in total. The Bertz CT molecular complexity index is 1120. The van der Waals surface area contributed by atoms with Crippen molar-refractivity contribution in [1.82, 2.24) is 14.8 Å². The molecule has 8 nitrogen and oxygen atoms in total. The van der Waals surface area contributed by atoms with E-state index in [0.29, 0.717) is 11.1 Å². The quantitative estimate of drug-likeness (QED) is 0.224. The molecule has 3 rings (SSSR count). The molecule has 0 aliphatic heterocycles. The largest absolute Gasteiger partial charge is 0.508 e. The van der Waals surface area contributed by atoms with Crippen LogP contribution in [0, 0.1) is 3.57 Å². The van der Waals surface area contributed by atoms with Crippen LogP contribution in [0.15, 0.2) is 78.0 Å². The van der Waals surface area contributed by atoms with Crippen LogP contribution in [0.3, 0.4) is 0 Å². The summed E-state index contributed by atoms with van der Waals surface area (Å²) in [6, 6.07) is 14.5. The molecule has 0 radical (unpaired) electrons. The SMILES string of the molecule is O=C(NO)[C@@H](Cc1ccc(O)cc1)N(Cc1cccnc1)S(=O)(=O)c1ccc(I)cc1. The number of phenolic OH excluding ortho intramolecular Hbond substituents is 1. The monoisotopic (exact) mass is 553 g/mol. The Hall–Kier alpha value is -2.54. The van der Waals surface area contributed by atoms with E-state index in [9.17, 15) is 23.5 Å². The molecule has 3 aromatic rings. The number of nitrogens with zero attached hydrogens (tertiary/aromatic N) is 2. The summed E-state index contributed by atoms with van der Waals surface area (Å²) in [6.45, 7) is -0.127. The highest BCUT2D eigenvalue weighted by Crippen LogP contribution is 2.24. The molecule has 10 heteroatoms. The normalized spacial score (nSPS) is 12.5. The number of benzene rings is 2. The second kappa shape index (κ2) is 10.2. The van der Waals surface area contributed by atoms with E-state index >= 15 is 0 Å². The van der Waals surface area contributed by atoms with Crippen LogP contribution >= 0.6 is 22.6 Å². The van der Waals surface area contributed by atoms with Crippen LogP contribution in [-0.2, 0) is 27.8 Å². The van der Waals surface area contributed by atoms with Crippen LogP contribution in [-0.4, -0.2) is 40.0 Å². The van der Waals surface area contributed by atoms with Gasteiger partial charge >= 0.3 is 0 Å². The molecule has 0 saturated heterocycles. The fourth-order valence-corrected chi connectivity index (χ4v) is 4.97. The van der Waals surface area contributed by atoms with Crippen LogP contribution in [0.25, 0.3) is 0 Å². The van der Waals surface area contributed by atoms with Gasteiger partial charge in [0.25, 0.3) is 5.91 Å². The third-order valence-electron chi connectivity index (χ3n) is 4.61. The number of amides is 1. The second-order valence-electron chi connectivity index (χ2n) is 6.73. The lowest BCUT2D eigenvalue weighted by Gasteiger charge is -2.29. The molecule has 0 aliphatic carbocycles. The van der Waals surface area contributed by atoms with Gasteiger partial charge in [-0.15, -0.1) is 0 Å². The van der Waals surface area contributed by atoms with Gasteiger partial charge < -0.3 is 5.11 Å². The maximum absolute atomic E-state index is 13.6. The van der Waals surface area contributed by atoms with Gasteiger partial charge in [0.05, 0.1) is 4.90 Å². The Labute approximate surface area is 193 Å². The van der Waals surface area contributed by atoms with Crippen molar-refractivity contribution in [2.24, 2.45) is 0 Å². The molecular formula is C21H20IN3O5S. The fraction of sp³-hybridized carbons (Fsp3) is 0.143. The van der Waals surface area contributed by atoms with Crippen molar-refractivity contribution < 1.29 is 23.5 Å². The third kappa shape index (κ3) is 5.79. The summed E-state index contributed by atoms with van der Waals surface area (Å²) in [5.41, 5.74) is 2.78. The van der Waals surface area contributed by atoms with E-state index in [-0.39, 0.29) is 23.6 Å². The molecule has 0 saturated carbocycles. The van der Waals surface area contributed by atoms with E-state index in [4.69, 9.17) is 0 Å². The lowest BCUT2D eigenvalue weighted by atomic mass is 10.0. The zero-order valence-corrected chi connectivity index (χ0v) is 19.2. The summed E-state index contributed by atoms with van der Waals surface area (Å²) in [4.78, 5) is 16.7. The van der Waals surface area contributed by atoms with Gasteiger partial charge in [-0.25, -0.2) is 13.9 Å². The standard InChI is InChI=1S/C21H20IN3O5S/c22-17-5-9-19(10-6-17)31(29,30)25(14-16-2-1-11-23-13-16)20(21(27)24-28)12-15-3-7-18(26)8-4-15/h1-11,13,20,26,28H,12,14H2,(H,24,27)/t20-/m1/s1. The van der Waals surface area contributed by atoms with E-state index in [0.717, 1.165) is 7.88 Å². The maximum Gasteiger partial charge on any atom is 0.262 e. The van der Waals surface area contributed by atoms with Crippen LogP contribution in [0.4, 0.5) is 0 Å². The summed E-state index contributed by atoms with van der Waals surface area (Å²) < 4.78 is 29.0. The lowest BCUT2D eigenvalue weighted by Crippen LogP contribution is -2.49. The van der Waals surface area contributed by atoms with E-state index in [1.807, 2.05) is 0 Å². The van der Waals surface area contributed by atoms with Crippen molar-refractivity contribution in [1.29, 1.82) is 0 Å². The highest BCUT2D eigenvalue weighted by Gasteiger charge is 2.36. The van der Waals surface area contributed by atoms with Crippen LogP contribution in [0.5, 0.6) is 5.75 Å². The molecule has 0 fully saturated rings. The number of nitrogens with one attached hydrogen (secondary N) is 1. The van der Waals surface area contributed by atoms with Crippen molar-refractivity contribution in [3.8, 4) is 5.75 Å². The highest BCUT2D eigenvalue weighted by atomic mass is 127. The van der Waals surface area contributed by atoms with E-state index in [1.54, 1.807) is 48.1 Å². The van der Waals surface area contributed by atoms with Crippen LogP contribution < -0.4 is 5.48 Å². The summed E-state index contributed by atoms with van der Waals surface area (Å²) in [7, 11) is -4.12. The Balaban J connectivity index is 2.07. The van der Waals surface area contributed by atoms with Gasteiger partial charge in [0, 0.05) is 22.5 Å². The Morgan fingerprint density at radius 2 is 1.74 bits per heavy atom. The number of phenols is 1. The van der Waals surface area contributed by atoms with Crippen molar-refractivity contribution in [2.75, 3.05) is 0 Å². The number of sulfonamides is 1. The number of aromatic nitrogens is 1. The topological polar surface area (TPSA) is 120 Å². The molecule has 0 bridgehead atoms. The Morgan fingerprint density at radius 3 is 2.32 bits per heavy atom. The molecule has 31 heavy (non-hydrogen) atoms. The first-order valence-corrected chi connectivity index (χ1v) is 11.7. The number of hydrogen-bond acceptors (Lipinski definition) is 6. The van der Waals surface area contributed by atoms with Gasteiger partial charge in [-0.05, 0) is 82.6 Å². The zero-order valence-electron chi connectivity index (χ0n) is 16.2. The number of hydroxylamine groups is 1. The molecule has 1 aromatic heterocycles. The van der Waals surface area contributed by atoms with Gasteiger partial charge in [0.1, 0.15) is 11.8 Å². The highest BCUT2D eigenvalue weighted by molar-refractivity contribution is 14.1. The molecule has 0 aliphatic rings. The van der Waals surface area contributed by atoms with Crippen LogP contribution in [0.1, 0.15) is 11.1 Å².